The van der Waals surface area contributed by atoms with Gasteiger partial charge in [0.05, 0.1) is 13.5 Å². The molecule has 30 heavy (non-hydrogen) atoms. The predicted octanol–water partition coefficient (Wildman–Crippen LogP) is 4.73. The van der Waals surface area contributed by atoms with Crippen LogP contribution < -0.4 is 10.1 Å². The molecule has 1 amide bonds. The van der Waals surface area contributed by atoms with Gasteiger partial charge in [0.2, 0.25) is 11.7 Å². The molecule has 0 spiro atoms. The predicted molar refractivity (Wildman–Crippen MR) is 110 cm³/mol. The number of benzene rings is 3. The molecule has 1 heterocycles. The van der Waals surface area contributed by atoms with Crippen LogP contribution in [0.4, 0.5) is 10.1 Å². The van der Waals surface area contributed by atoms with Gasteiger partial charge in [-0.3, -0.25) is 4.79 Å². The van der Waals surface area contributed by atoms with Gasteiger partial charge in [0.25, 0.3) is 5.89 Å². The molecule has 0 saturated carbocycles. The van der Waals surface area contributed by atoms with Crippen LogP contribution >= 0.6 is 0 Å². The Morgan fingerprint density at radius 1 is 1.03 bits per heavy atom. The molecular formula is C23H18FN3O3. The standard InChI is InChI=1S/C23H18FN3O3/c1-29-20-11-5-15(6-12-20)13-21(28)25-19-4-2-3-17(14-19)22-26-23(30-27-22)16-7-9-18(24)10-8-16/h2-12,14H,13H2,1H3,(H,25,28). The summed E-state index contributed by atoms with van der Waals surface area (Å²) in [6.45, 7) is 0. The second-order valence-corrected chi connectivity index (χ2v) is 6.58. The highest BCUT2D eigenvalue weighted by Crippen LogP contribution is 2.24. The molecule has 0 aliphatic carbocycles. The Morgan fingerprint density at radius 3 is 2.53 bits per heavy atom. The smallest absolute Gasteiger partial charge is 0.258 e. The Kier molecular flexibility index (Phi) is 5.52. The highest BCUT2D eigenvalue weighted by Gasteiger charge is 2.12. The summed E-state index contributed by atoms with van der Waals surface area (Å²) in [6.07, 6.45) is 0.241. The number of nitrogens with zero attached hydrogens (tertiary/aromatic N) is 2. The second-order valence-electron chi connectivity index (χ2n) is 6.58. The van der Waals surface area contributed by atoms with Gasteiger partial charge >= 0.3 is 0 Å². The lowest BCUT2D eigenvalue weighted by molar-refractivity contribution is -0.115. The number of aromatic nitrogens is 2. The molecule has 0 atom stereocenters. The number of amides is 1. The third-order valence-corrected chi connectivity index (χ3v) is 4.45. The molecule has 0 unspecified atom stereocenters. The Bertz CT molecular complexity index is 1160. The Balaban J connectivity index is 1.46. The highest BCUT2D eigenvalue weighted by molar-refractivity contribution is 5.92. The maximum Gasteiger partial charge on any atom is 0.258 e. The lowest BCUT2D eigenvalue weighted by atomic mass is 10.1. The van der Waals surface area contributed by atoms with Crippen LogP contribution in [-0.4, -0.2) is 23.2 Å². The zero-order chi connectivity index (χ0) is 20.9. The van der Waals surface area contributed by atoms with Gasteiger partial charge in [-0.25, -0.2) is 4.39 Å². The van der Waals surface area contributed by atoms with Crippen molar-refractivity contribution in [2.24, 2.45) is 0 Å². The Morgan fingerprint density at radius 2 is 1.80 bits per heavy atom. The van der Waals surface area contributed by atoms with Crippen LogP contribution in [0.15, 0.2) is 77.3 Å². The van der Waals surface area contributed by atoms with Gasteiger partial charge in [0.1, 0.15) is 11.6 Å². The van der Waals surface area contributed by atoms with Crippen molar-refractivity contribution in [2.45, 2.75) is 6.42 Å². The number of nitrogens with one attached hydrogen (secondary N) is 1. The quantitative estimate of drug-likeness (QED) is 0.504. The summed E-state index contributed by atoms with van der Waals surface area (Å²) in [6, 6.07) is 20.3. The topological polar surface area (TPSA) is 77.2 Å². The normalized spacial score (nSPS) is 10.6. The highest BCUT2D eigenvalue weighted by atomic mass is 19.1. The van der Waals surface area contributed by atoms with Gasteiger partial charge < -0.3 is 14.6 Å². The largest absolute Gasteiger partial charge is 0.497 e. The van der Waals surface area contributed by atoms with Crippen LogP contribution in [0.1, 0.15) is 5.56 Å². The van der Waals surface area contributed by atoms with Gasteiger partial charge in [-0.15, -0.1) is 0 Å². The first-order valence-corrected chi connectivity index (χ1v) is 9.23. The third-order valence-electron chi connectivity index (χ3n) is 4.45. The van der Waals surface area contributed by atoms with Gasteiger partial charge in [-0.2, -0.15) is 4.98 Å². The van der Waals surface area contributed by atoms with Crippen molar-refractivity contribution in [3.05, 3.63) is 84.2 Å². The SMILES string of the molecule is COc1ccc(CC(=O)Nc2cccc(-c3noc(-c4ccc(F)cc4)n3)c2)cc1. The van der Waals surface area contributed by atoms with E-state index in [9.17, 15) is 9.18 Å². The molecule has 1 N–H and O–H groups in total. The van der Waals surface area contributed by atoms with Crippen molar-refractivity contribution in [3.63, 3.8) is 0 Å². The third kappa shape index (κ3) is 4.52. The van der Waals surface area contributed by atoms with E-state index in [0.717, 1.165) is 11.3 Å². The lowest BCUT2D eigenvalue weighted by Crippen LogP contribution is -2.14. The van der Waals surface area contributed by atoms with Gasteiger partial charge in [0.15, 0.2) is 0 Å². The maximum atomic E-state index is 13.1. The van der Waals surface area contributed by atoms with Gasteiger partial charge in [0, 0.05) is 16.8 Å². The lowest BCUT2D eigenvalue weighted by Gasteiger charge is -2.07. The summed E-state index contributed by atoms with van der Waals surface area (Å²) >= 11 is 0. The van der Waals surface area contributed by atoms with E-state index in [-0.39, 0.29) is 18.1 Å². The molecular weight excluding hydrogens is 385 g/mol. The summed E-state index contributed by atoms with van der Waals surface area (Å²) in [4.78, 5) is 16.7. The molecule has 150 valence electrons. The van der Waals surface area contributed by atoms with Gasteiger partial charge in [-0.1, -0.05) is 29.4 Å². The average Bonchev–Trinajstić information content (AvgIpc) is 3.25. The van der Waals surface area contributed by atoms with Crippen molar-refractivity contribution >= 4 is 11.6 Å². The first-order chi connectivity index (χ1) is 14.6. The average molecular weight is 403 g/mol. The molecule has 0 aliphatic rings. The minimum atomic E-state index is -0.337. The molecule has 7 heteroatoms. The number of anilines is 1. The molecule has 0 radical (unpaired) electrons. The van der Waals surface area contributed by atoms with Crippen LogP contribution in [0, 0.1) is 5.82 Å². The molecule has 4 rings (SSSR count). The van der Waals surface area contributed by atoms with E-state index >= 15 is 0 Å². The van der Waals surface area contributed by atoms with Gasteiger partial charge in [-0.05, 0) is 54.1 Å². The van der Waals surface area contributed by atoms with E-state index in [1.54, 1.807) is 37.4 Å². The van der Waals surface area contributed by atoms with E-state index in [0.29, 0.717) is 28.5 Å². The fourth-order valence-corrected chi connectivity index (χ4v) is 2.92. The van der Waals surface area contributed by atoms with Crippen LogP contribution in [0.5, 0.6) is 5.75 Å². The fraction of sp³-hybridized carbons (Fsp3) is 0.0870. The number of ether oxygens (including phenoxy) is 1. The van der Waals surface area contributed by atoms with Crippen LogP contribution in [-0.2, 0) is 11.2 Å². The van der Waals surface area contributed by atoms with Crippen molar-refractivity contribution in [2.75, 3.05) is 12.4 Å². The maximum absolute atomic E-state index is 13.1. The van der Waals surface area contributed by atoms with E-state index in [4.69, 9.17) is 9.26 Å². The summed E-state index contributed by atoms with van der Waals surface area (Å²) in [7, 11) is 1.60. The Labute approximate surface area is 172 Å². The van der Waals surface area contributed by atoms with Crippen LogP contribution in [0.2, 0.25) is 0 Å². The number of carbonyl (C=O) groups is 1. The minimum absolute atomic E-state index is 0.141. The van der Waals surface area contributed by atoms with Crippen molar-refractivity contribution < 1.29 is 18.4 Å². The number of methoxy groups -OCH3 is 1. The molecule has 0 saturated heterocycles. The monoisotopic (exact) mass is 403 g/mol. The first kappa shape index (κ1) is 19.3. The van der Waals surface area contributed by atoms with E-state index < -0.39 is 0 Å². The zero-order valence-corrected chi connectivity index (χ0v) is 16.1. The molecule has 3 aromatic carbocycles. The van der Waals surface area contributed by atoms with Crippen molar-refractivity contribution in [1.82, 2.24) is 10.1 Å². The summed E-state index contributed by atoms with van der Waals surface area (Å²) in [5.41, 5.74) is 2.82. The van der Waals surface area contributed by atoms with E-state index in [2.05, 4.69) is 15.5 Å². The number of carbonyl (C=O) groups excluding carboxylic acids is 1. The number of halogens is 1. The molecule has 0 bridgehead atoms. The van der Waals surface area contributed by atoms with E-state index in [1.807, 2.05) is 30.3 Å². The molecule has 4 aromatic rings. The summed E-state index contributed by atoms with van der Waals surface area (Å²) in [5.74, 6) is 0.931. The van der Waals surface area contributed by atoms with Crippen LogP contribution in [0.25, 0.3) is 22.8 Å². The summed E-state index contributed by atoms with van der Waals surface area (Å²) < 4.78 is 23.5. The molecule has 1 aromatic heterocycles. The van der Waals surface area contributed by atoms with Crippen LogP contribution in [0.3, 0.4) is 0 Å². The number of rotatable bonds is 6. The fourth-order valence-electron chi connectivity index (χ4n) is 2.92. The van der Waals surface area contributed by atoms with Crippen molar-refractivity contribution in [3.8, 4) is 28.6 Å². The number of hydrogen-bond donors (Lipinski definition) is 1. The summed E-state index contributed by atoms with van der Waals surface area (Å²) in [5, 5.41) is 6.86. The molecule has 6 nitrogen and oxygen atoms in total. The van der Waals surface area contributed by atoms with Crippen molar-refractivity contribution in [1.29, 1.82) is 0 Å². The first-order valence-electron chi connectivity index (χ1n) is 9.23. The molecule has 0 aliphatic heterocycles. The molecule has 0 fully saturated rings. The van der Waals surface area contributed by atoms with E-state index in [1.165, 1.54) is 12.1 Å². The Hall–Kier alpha value is -4.00. The number of hydrogen-bond acceptors (Lipinski definition) is 5. The minimum Gasteiger partial charge on any atom is -0.497 e. The second kappa shape index (κ2) is 8.57. The zero-order valence-electron chi connectivity index (χ0n) is 16.1.